The Kier molecular flexibility index (Phi) is 6.18. The number of hydrogen-bond donors (Lipinski definition) is 0. The summed E-state index contributed by atoms with van der Waals surface area (Å²) >= 11 is 0. The number of carbonyl (C=O) groups is 1. The molecule has 1 aliphatic heterocycles. The van der Waals surface area contributed by atoms with Crippen molar-refractivity contribution in [1.29, 1.82) is 0 Å². The topological polar surface area (TPSA) is 36.4 Å². The molecule has 0 aliphatic carbocycles. The molecule has 0 atom stereocenters. The summed E-state index contributed by atoms with van der Waals surface area (Å²) in [5.41, 5.74) is 1.01. The Morgan fingerprint density at radius 2 is 2.05 bits per heavy atom. The van der Waals surface area contributed by atoms with Crippen LogP contribution in [0.5, 0.6) is 0 Å². The van der Waals surface area contributed by atoms with Crippen molar-refractivity contribution >= 4 is 5.91 Å². The van der Waals surface area contributed by atoms with E-state index in [9.17, 15) is 4.79 Å². The van der Waals surface area contributed by atoms with E-state index in [2.05, 4.69) is 23.7 Å². The van der Waals surface area contributed by atoms with E-state index in [4.69, 9.17) is 0 Å². The van der Waals surface area contributed by atoms with Crippen molar-refractivity contribution in [3.63, 3.8) is 0 Å². The molecule has 4 heteroatoms. The van der Waals surface area contributed by atoms with Crippen molar-refractivity contribution in [2.75, 3.05) is 32.7 Å². The Bertz CT molecular complexity index is 423. The van der Waals surface area contributed by atoms with Crippen molar-refractivity contribution < 1.29 is 4.79 Å². The van der Waals surface area contributed by atoms with Crippen molar-refractivity contribution in [2.45, 2.75) is 33.1 Å². The maximum atomic E-state index is 12.3. The van der Waals surface area contributed by atoms with E-state index >= 15 is 0 Å². The van der Waals surface area contributed by atoms with Gasteiger partial charge in [0.15, 0.2) is 0 Å². The highest BCUT2D eigenvalue weighted by atomic mass is 16.2. The number of nitrogens with zero attached hydrogens (tertiary/aromatic N) is 3. The number of rotatable bonds is 6. The first-order valence-corrected chi connectivity index (χ1v) is 8.12. The first-order chi connectivity index (χ1) is 10.2. The third kappa shape index (κ3) is 4.81. The highest BCUT2D eigenvalue weighted by Crippen LogP contribution is 2.19. The molecule has 1 amide bonds. The third-order valence-electron chi connectivity index (χ3n) is 4.46. The van der Waals surface area contributed by atoms with Crippen LogP contribution in [0.2, 0.25) is 0 Å². The lowest BCUT2D eigenvalue weighted by Gasteiger charge is -2.34. The highest BCUT2D eigenvalue weighted by molar-refractivity contribution is 5.78. The summed E-state index contributed by atoms with van der Waals surface area (Å²) < 4.78 is 0. The molecule has 0 bridgehead atoms. The zero-order valence-electron chi connectivity index (χ0n) is 13.3. The third-order valence-corrected chi connectivity index (χ3v) is 4.46. The van der Waals surface area contributed by atoms with Gasteiger partial charge in [0.05, 0.1) is 6.42 Å². The summed E-state index contributed by atoms with van der Waals surface area (Å²) in [5.74, 6) is 0.983. The van der Waals surface area contributed by atoms with Crippen molar-refractivity contribution in [3.05, 3.63) is 30.1 Å². The zero-order chi connectivity index (χ0) is 15.1. The van der Waals surface area contributed by atoms with Gasteiger partial charge in [-0.2, -0.15) is 0 Å². The molecule has 4 nitrogen and oxygen atoms in total. The van der Waals surface area contributed by atoms with Crippen molar-refractivity contribution in [3.8, 4) is 0 Å². The maximum absolute atomic E-state index is 12.3. The molecule has 0 N–H and O–H groups in total. The molecule has 1 aromatic heterocycles. The minimum Gasteiger partial charge on any atom is -0.342 e. The molecule has 0 saturated carbocycles. The lowest BCUT2D eigenvalue weighted by Crippen LogP contribution is -2.42. The first kappa shape index (κ1) is 16.0. The Balaban J connectivity index is 1.77. The average molecular weight is 289 g/mol. The second kappa shape index (κ2) is 8.13. The molecule has 1 aromatic rings. The van der Waals surface area contributed by atoms with Gasteiger partial charge in [-0.1, -0.05) is 19.9 Å². The molecule has 1 fully saturated rings. The van der Waals surface area contributed by atoms with Crippen LogP contribution in [-0.4, -0.2) is 53.4 Å². The van der Waals surface area contributed by atoms with Gasteiger partial charge < -0.3 is 9.80 Å². The van der Waals surface area contributed by atoms with Gasteiger partial charge >= 0.3 is 0 Å². The van der Waals surface area contributed by atoms with Crippen LogP contribution in [0.25, 0.3) is 0 Å². The fraction of sp³-hybridized carbons (Fsp3) is 0.647. The van der Waals surface area contributed by atoms with Crippen LogP contribution in [0, 0.1) is 5.92 Å². The quantitative estimate of drug-likeness (QED) is 0.805. The van der Waals surface area contributed by atoms with Crippen LogP contribution < -0.4 is 0 Å². The van der Waals surface area contributed by atoms with Gasteiger partial charge in [0.2, 0.25) is 5.91 Å². The van der Waals surface area contributed by atoms with E-state index in [1.54, 1.807) is 12.4 Å². The normalized spacial score (nSPS) is 16.4. The van der Waals surface area contributed by atoms with E-state index in [-0.39, 0.29) is 5.91 Å². The minimum absolute atomic E-state index is 0.240. The van der Waals surface area contributed by atoms with Gasteiger partial charge in [0, 0.05) is 32.0 Å². The first-order valence-electron chi connectivity index (χ1n) is 8.12. The molecule has 2 heterocycles. The second-order valence-corrected chi connectivity index (χ2v) is 5.85. The molecule has 0 spiro atoms. The van der Waals surface area contributed by atoms with Gasteiger partial charge in [-0.15, -0.1) is 0 Å². The number of pyridine rings is 1. The summed E-state index contributed by atoms with van der Waals surface area (Å²) in [6, 6.07) is 3.86. The van der Waals surface area contributed by atoms with Crippen LogP contribution in [0.3, 0.4) is 0 Å². The smallest absolute Gasteiger partial charge is 0.227 e. The monoisotopic (exact) mass is 289 g/mol. The van der Waals surface area contributed by atoms with Crippen LogP contribution in [0.1, 0.15) is 32.3 Å². The number of piperidine rings is 1. The summed E-state index contributed by atoms with van der Waals surface area (Å²) in [5, 5.41) is 0. The molecule has 116 valence electrons. The summed E-state index contributed by atoms with van der Waals surface area (Å²) in [6.45, 7) is 9.67. The molecule has 0 aromatic carbocycles. The minimum atomic E-state index is 0.240. The van der Waals surface area contributed by atoms with Crippen molar-refractivity contribution in [1.82, 2.24) is 14.8 Å². The van der Waals surface area contributed by atoms with E-state index in [1.807, 2.05) is 17.0 Å². The summed E-state index contributed by atoms with van der Waals surface area (Å²) in [6.07, 6.45) is 6.27. The largest absolute Gasteiger partial charge is 0.342 e. The molecule has 2 rings (SSSR count). The Labute approximate surface area is 128 Å². The van der Waals surface area contributed by atoms with Gasteiger partial charge in [-0.3, -0.25) is 9.78 Å². The van der Waals surface area contributed by atoms with Gasteiger partial charge in [0.1, 0.15) is 0 Å². The van der Waals surface area contributed by atoms with Crippen LogP contribution >= 0.6 is 0 Å². The highest BCUT2D eigenvalue weighted by Gasteiger charge is 2.23. The lowest BCUT2D eigenvalue weighted by atomic mass is 9.95. The Morgan fingerprint density at radius 3 is 2.62 bits per heavy atom. The summed E-state index contributed by atoms with van der Waals surface area (Å²) in [4.78, 5) is 20.9. The standard InChI is InChI=1S/C17H27N3O/c1-3-19(4-2)14-15-7-10-20(11-8-15)17(21)12-16-6-5-9-18-13-16/h5-6,9,13,15H,3-4,7-8,10-12,14H2,1-2H3. The fourth-order valence-electron chi connectivity index (χ4n) is 3.00. The average Bonchev–Trinajstić information content (AvgIpc) is 2.54. The Hall–Kier alpha value is -1.42. The molecule has 0 radical (unpaired) electrons. The molecular weight excluding hydrogens is 262 g/mol. The van der Waals surface area contributed by atoms with Crippen LogP contribution in [-0.2, 0) is 11.2 Å². The maximum Gasteiger partial charge on any atom is 0.227 e. The van der Waals surface area contributed by atoms with E-state index in [0.29, 0.717) is 6.42 Å². The predicted molar refractivity (Wildman–Crippen MR) is 85.0 cm³/mol. The van der Waals surface area contributed by atoms with Crippen LogP contribution in [0.4, 0.5) is 0 Å². The van der Waals surface area contributed by atoms with Gasteiger partial charge in [-0.05, 0) is 43.5 Å². The molecule has 1 aliphatic rings. The number of hydrogen-bond acceptors (Lipinski definition) is 3. The van der Waals surface area contributed by atoms with E-state index < -0.39 is 0 Å². The van der Waals surface area contributed by atoms with Crippen molar-refractivity contribution in [2.24, 2.45) is 5.92 Å². The number of carbonyl (C=O) groups excluding carboxylic acids is 1. The number of likely N-dealkylation sites (tertiary alicyclic amines) is 1. The van der Waals surface area contributed by atoms with E-state index in [1.165, 1.54) is 6.54 Å². The second-order valence-electron chi connectivity index (χ2n) is 5.85. The summed E-state index contributed by atoms with van der Waals surface area (Å²) in [7, 11) is 0. The molecular formula is C17H27N3O. The van der Waals surface area contributed by atoms with Gasteiger partial charge in [-0.25, -0.2) is 0 Å². The lowest BCUT2D eigenvalue weighted by molar-refractivity contribution is -0.131. The molecule has 21 heavy (non-hydrogen) atoms. The fourth-order valence-corrected chi connectivity index (χ4v) is 3.00. The van der Waals surface area contributed by atoms with E-state index in [0.717, 1.165) is 50.5 Å². The predicted octanol–water partition coefficient (Wildman–Crippen LogP) is 2.20. The van der Waals surface area contributed by atoms with Gasteiger partial charge in [0.25, 0.3) is 0 Å². The SMILES string of the molecule is CCN(CC)CC1CCN(C(=O)Cc2cccnc2)CC1. The zero-order valence-corrected chi connectivity index (χ0v) is 13.3. The van der Waals surface area contributed by atoms with Crippen LogP contribution in [0.15, 0.2) is 24.5 Å². The number of amides is 1. The number of aromatic nitrogens is 1. The Morgan fingerprint density at radius 1 is 1.33 bits per heavy atom. The molecule has 0 unspecified atom stereocenters. The molecule has 1 saturated heterocycles.